The molecule has 0 aromatic heterocycles. The number of hydrogen-bond donors (Lipinski definition) is 2. The van der Waals surface area contributed by atoms with Crippen molar-refractivity contribution in [3.63, 3.8) is 0 Å². The highest BCUT2D eigenvalue weighted by molar-refractivity contribution is 5.91. The van der Waals surface area contributed by atoms with E-state index in [0.717, 1.165) is 44.0 Å². The van der Waals surface area contributed by atoms with E-state index in [9.17, 15) is 4.79 Å². The molecular formula is C16H25N3O2. The van der Waals surface area contributed by atoms with Crippen LogP contribution in [0.2, 0.25) is 0 Å². The van der Waals surface area contributed by atoms with Gasteiger partial charge in [-0.25, -0.2) is 0 Å². The molecule has 0 bridgehead atoms. The topological polar surface area (TPSA) is 67.6 Å². The summed E-state index contributed by atoms with van der Waals surface area (Å²) in [5, 5.41) is 2.94. The highest BCUT2D eigenvalue weighted by Crippen LogP contribution is 2.18. The Hall–Kier alpha value is -1.59. The summed E-state index contributed by atoms with van der Waals surface area (Å²) in [6.45, 7) is 7.60. The van der Waals surface area contributed by atoms with Crippen molar-refractivity contribution in [2.45, 2.75) is 32.7 Å². The molecular weight excluding hydrogens is 266 g/mol. The van der Waals surface area contributed by atoms with Crippen molar-refractivity contribution < 1.29 is 9.53 Å². The average molecular weight is 291 g/mol. The Balaban J connectivity index is 1.75. The fourth-order valence-corrected chi connectivity index (χ4v) is 2.52. The van der Waals surface area contributed by atoms with E-state index in [-0.39, 0.29) is 5.91 Å². The van der Waals surface area contributed by atoms with Crippen molar-refractivity contribution in [1.82, 2.24) is 4.90 Å². The quantitative estimate of drug-likeness (QED) is 0.814. The van der Waals surface area contributed by atoms with E-state index in [1.807, 2.05) is 19.1 Å². The minimum absolute atomic E-state index is 0.0459. The maximum absolute atomic E-state index is 12.0. The lowest BCUT2D eigenvalue weighted by Gasteiger charge is -2.33. The van der Waals surface area contributed by atoms with Gasteiger partial charge in [0.2, 0.25) is 5.91 Å². The van der Waals surface area contributed by atoms with E-state index < -0.39 is 0 Å². The second kappa shape index (κ2) is 7.43. The van der Waals surface area contributed by atoms with Crippen molar-refractivity contribution in [2.75, 3.05) is 37.4 Å². The van der Waals surface area contributed by atoms with Crippen LogP contribution < -0.4 is 11.1 Å². The van der Waals surface area contributed by atoms with Crippen LogP contribution in [-0.2, 0) is 9.53 Å². The van der Waals surface area contributed by atoms with Crippen LogP contribution >= 0.6 is 0 Å². The predicted octanol–water partition coefficient (Wildman–Crippen LogP) is 2.02. The molecule has 5 nitrogen and oxygen atoms in total. The zero-order valence-corrected chi connectivity index (χ0v) is 12.9. The van der Waals surface area contributed by atoms with Crippen LogP contribution in [0.3, 0.4) is 0 Å². The van der Waals surface area contributed by atoms with Gasteiger partial charge in [0.05, 0.1) is 13.2 Å². The standard InChI is InChI=1S/C16H25N3O2/c1-12-5-6-14(17)10-15(12)18-16(20)4-3-7-19-8-9-21-11-13(19)2/h5-6,10,13H,3-4,7-9,11,17H2,1-2H3,(H,18,20). The van der Waals surface area contributed by atoms with Gasteiger partial charge in [-0.15, -0.1) is 0 Å². The second-order valence-corrected chi connectivity index (χ2v) is 5.69. The Labute approximate surface area is 126 Å². The van der Waals surface area contributed by atoms with Crippen LogP contribution in [0.4, 0.5) is 11.4 Å². The van der Waals surface area contributed by atoms with Gasteiger partial charge >= 0.3 is 0 Å². The number of carbonyl (C=O) groups excluding carboxylic acids is 1. The first kappa shape index (κ1) is 15.8. The van der Waals surface area contributed by atoms with Crippen LogP contribution in [0.1, 0.15) is 25.3 Å². The number of benzene rings is 1. The first-order chi connectivity index (χ1) is 10.1. The number of nitrogens with zero attached hydrogens (tertiary/aromatic N) is 1. The van der Waals surface area contributed by atoms with Crippen LogP contribution in [-0.4, -0.2) is 43.2 Å². The van der Waals surface area contributed by atoms with Gasteiger partial charge in [0.1, 0.15) is 0 Å². The summed E-state index contributed by atoms with van der Waals surface area (Å²) < 4.78 is 5.41. The Morgan fingerprint density at radius 2 is 2.33 bits per heavy atom. The molecule has 0 aliphatic carbocycles. The van der Waals surface area contributed by atoms with Crippen molar-refractivity contribution in [2.24, 2.45) is 0 Å². The number of carbonyl (C=O) groups is 1. The Kier molecular flexibility index (Phi) is 5.59. The molecule has 0 radical (unpaired) electrons. The highest BCUT2D eigenvalue weighted by atomic mass is 16.5. The van der Waals surface area contributed by atoms with E-state index >= 15 is 0 Å². The van der Waals surface area contributed by atoms with Gasteiger partial charge in [-0.2, -0.15) is 0 Å². The van der Waals surface area contributed by atoms with Gasteiger partial charge in [-0.05, 0) is 44.5 Å². The lowest BCUT2D eigenvalue weighted by atomic mass is 10.1. The van der Waals surface area contributed by atoms with Gasteiger partial charge in [0.15, 0.2) is 0 Å². The summed E-state index contributed by atoms with van der Waals surface area (Å²) in [4.78, 5) is 14.4. The molecule has 1 aliphatic rings. The molecule has 116 valence electrons. The van der Waals surface area contributed by atoms with E-state index in [1.54, 1.807) is 6.07 Å². The minimum Gasteiger partial charge on any atom is -0.399 e. The summed E-state index contributed by atoms with van der Waals surface area (Å²) in [5.74, 6) is 0.0459. The first-order valence-corrected chi connectivity index (χ1v) is 7.54. The normalized spacial score (nSPS) is 19.4. The summed E-state index contributed by atoms with van der Waals surface area (Å²) >= 11 is 0. The number of hydrogen-bond acceptors (Lipinski definition) is 4. The number of anilines is 2. The molecule has 1 fully saturated rings. The van der Waals surface area contributed by atoms with E-state index in [4.69, 9.17) is 10.5 Å². The zero-order chi connectivity index (χ0) is 15.2. The largest absolute Gasteiger partial charge is 0.399 e. The molecule has 21 heavy (non-hydrogen) atoms. The lowest BCUT2D eigenvalue weighted by molar-refractivity contribution is -0.116. The lowest BCUT2D eigenvalue weighted by Crippen LogP contribution is -2.44. The van der Waals surface area contributed by atoms with Crippen molar-refractivity contribution >= 4 is 17.3 Å². The summed E-state index contributed by atoms with van der Waals surface area (Å²) in [6.07, 6.45) is 1.38. The SMILES string of the molecule is Cc1ccc(N)cc1NC(=O)CCCN1CCOCC1C. The fraction of sp³-hybridized carbons (Fsp3) is 0.562. The molecule has 1 aliphatic heterocycles. The number of aryl methyl sites for hydroxylation is 1. The number of nitrogens with two attached hydrogens (primary N) is 1. The molecule has 5 heteroatoms. The molecule has 0 spiro atoms. The van der Waals surface area contributed by atoms with Crippen molar-refractivity contribution in [3.05, 3.63) is 23.8 Å². The van der Waals surface area contributed by atoms with Gasteiger partial charge < -0.3 is 15.8 Å². The zero-order valence-electron chi connectivity index (χ0n) is 12.9. The molecule has 1 atom stereocenters. The Morgan fingerprint density at radius 1 is 1.52 bits per heavy atom. The minimum atomic E-state index is 0.0459. The smallest absolute Gasteiger partial charge is 0.224 e. The predicted molar refractivity (Wildman–Crippen MR) is 85.3 cm³/mol. The molecule has 1 unspecified atom stereocenters. The molecule has 1 aromatic carbocycles. The number of nitrogen functional groups attached to an aromatic ring is 1. The monoisotopic (exact) mass is 291 g/mol. The van der Waals surface area contributed by atoms with Crippen LogP contribution in [0.5, 0.6) is 0 Å². The van der Waals surface area contributed by atoms with Crippen LogP contribution in [0.15, 0.2) is 18.2 Å². The molecule has 3 N–H and O–H groups in total. The maximum Gasteiger partial charge on any atom is 0.224 e. The highest BCUT2D eigenvalue weighted by Gasteiger charge is 2.18. The van der Waals surface area contributed by atoms with Gasteiger partial charge in [-0.3, -0.25) is 9.69 Å². The molecule has 2 rings (SSSR count). The molecule has 0 saturated carbocycles. The molecule has 1 saturated heterocycles. The number of morpholine rings is 1. The number of ether oxygens (including phenoxy) is 1. The first-order valence-electron chi connectivity index (χ1n) is 7.54. The third kappa shape index (κ3) is 4.72. The van der Waals surface area contributed by atoms with Crippen LogP contribution in [0.25, 0.3) is 0 Å². The van der Waals surface area contributed by atoms with E-state index in [1.165, 1.54) is 0 Å². The van der Waals surface area contributed by atoms with E-state index in [2.05, 4.69) is 17.1 Å². The third-order valence-electron chi connectivity index (χ3n) is 3.89. The average Bonchev–Trinajstić information content (AvgIpc) is 2.45. The second-order valence-electron chi connectivity index (χ2n) is 5.69. The third-order valence-corrected chi connectivity index (χ3v) is 3.89. The molecule has 1 aromatic rings. The fourth-order valence-electron chi connectivity index (χ4n) is 2.52. The molecule has 1 amide bonds. The maximum atomic E-state index is 12.0. The van der Waals surface area contributed by atoms with Gasteiger partial charge in [0, 0.05) is 30.4 Å². The number of rotatable bonds is 5. The van der Waals surface area contributed by atoms with Crippen LogP contribution in [0, 0.1) is 6.92 Å². The summed E-state index contributed by atoms with van der Waals surface area (Å²) in [7, 11) is 0. The number of amides is 1. The molecule has 1 heterocycles. The summed E-state index contributed by atoms with van der Waals surface area (Å²) in [5.41, 5.74) is 8.24. The number of nitrogens with one attached hydrogen (secondary N) is 1. The Bertz CT molecular complexity index is 490. The van der Waals surface area contributed by atoms with Crippen molar-refractivity contribution in [3.8, 4) is 0 Å². The summed E-state index contributed by atoms with van der Waals surface area (Å²) in [6, 6.07) is 6.00. The van der Waals surface area contributed by atoms with Gasteiger partial charge in [0.25, 0.3) is 0 Å². The Morgan fingerprint density at radius 3 is 3.10 bits per heavy atom. The van der Waals surface area contributed by atoms with Gasteiger partial charge in [-0.1, -0.05) is 6.07 Å². The van der Waals surface area contributed by atoms with E-state index in [0.29, 0.717) is 18.2 Å². The van der Waals surface area contributed by atoms with Crippen molar-refractivity contribution in [1.29, 1.82) is 0 Å².